The summed E-state index contributed by atoms with van der Waals surface area (Å²) in [5, 5.41) is 12.1. The molecule has 0 spiro atoms. The number of nitrogens with zero attached hydrogens (tertiary/aromatic N) is 4. The van der Waals surface area contributed by atoms with Gasteiger partial charge < -0.3 is 15.8 Å². The first kappa shape index (κ1) is 12.9. The number of aromatic nitrogens is 3. The average Bonchev–Trinajstić information content (AvgIpc) is 2.40. The van der Waals surface area contributed by atoms with Gasteiger partial charge in [-0.2, -0.15) is 20.2 Å². The van der Waals surface area contributed by atoms with E-state index in [0.29, 0.717) is 16.3 Å². The third kappa shape index (κ3) is 3.00. The fraction of sp³-hybridized carbons (Fsp3) is 0.0909. The maximum absolute atomic E-state index is 8.84. The summed E-state index contributed by atoms with van der Waals surface area (Å²) in [6.45, 7) is 0. The SMILES string of the molecule is COc1nc(N)nc(Nc2cc(C#N)ccc2Cl)n1. The first-order chi connectivity index (χ1) is 9.12. The number of hydrogen-bond donors (Lipinski definition) is 2. The Morgan fingerprint density at radius 1 is 1.37 bits per heavy atom. The fourth-order valence-corrected chi connectivity index (χ4v) is 1.50. The summed E-state index contributed by atoms with van der Waals surface area (Å²) in [5.74, 6) is 0.197. The van der Waals surface area contributed by atoms with Gasteiger partial charge in [0.2, 0.25) is 11.9 Å². The van der Waals surface area contributed by atoms with Gasteiger partial charge in [-0.3, -0.25) is 0 Å². The van der Waals surface area contributed by atoms with E-state index in [0.717, 1.165) is 0 Å². The van der Waals surface area contributed by atoms with Crippen molar-refractivity contribution in [1.29, 1.82) is 5.26 Å². The van der Waals surface area contributed by atoms with E-state index in [1.54, 1.807) is 18.2 Å². The van der Waals surface area contributed by atoms with Crippen LogP contribution in [0.4, 0.5) is 17.6 Å². The van der Waals surface area contributed by atoms with Gasteiger partial charge in [-0.15, -0.1) is 0 Å². The molecule has 7 nitrogen and oxygen atoms in total. The zero-order valence-electron chi connectivity index (χ0n) is 9.88. The molecule has 0 bridgehead atoms. The summed E-state index contributed by atoms with van der Waals surface area (Å²) in [7, 11) is 1.42. The largest absolute Gasteiger partial charge is 0.467 e. The summed E-state index contributed by atoms with van der Waals surface area (Å²) in [6.07, 6.45) is 0. The Morgan fingerprint density at radius 3 is 2.84 bits per heavy atom. The molecule has 2 rings (SSSR count). The number of nitrogens with one attached hydrogen (secondary N) is 1. The number of halogens is 1. The van der Waals surface area contributed by atoms with Crippen molar-refractivity contribution in [2.75, 3.05) is 18.2 Å². The lowest BCUT2D eigenvalue weighted by atomic mass is 10.2. The molecule has 96 valence electrons. The van der Waals surface area contributed by atoms with Crippen molar-refractivity contribution in [3.8, 4) is 12.1 Å². The highest BCUT2D eigenvalue weighted by Crippen LogP contribution is 2.25. The van der Waals surface area contributed by atoms with Gasteiger partial charge in [0.1, 0.15) is 0 Å². The summed E-state index contributed by atoms with van der Waals surface area (Å²) in [6, 6.07) is 6.89. The second-order valence-corrected chi connectivity index (χ2v) is 3.84. The summed E-state index contributed by atoms with van der Waals surface area (Å²) in [5.41, 5.74) is 6.47. The van der Waals surface area contributed by atoms with Crippen LogP contribution in [0.2, 0.25) is 5.02 Å². The van der Waals surface area contributed by atoms with Gasteiger partial charge in [-0.25, -0.2) is 0 Å². The monoisotopic (exact) mass is 276 g/mol. The predicted octanol–water partition coefficient (Wildman–Crippen LogP) is 1.73. The molecule has 0 aliphatic heterocycles. The molecule has 0 fully saturated rings. The Labute approximate surface area is 114 Å². The molecule has 0 amide bonds. The Balaban J connectivity index is 2.36. The quantitative estimate of drug-likeness (QED) is 0.878. The lowest BCUT2D eigenvalue weighted by Gasteiger charge is -2.08. The van der Waals surface area contributed by atoms with Crippen LogP contribution in [0.5, 0.6) is 6.01 Å². The number of nitrogen functional groups attached to an aromatic ring is 1. The topological polar surface area (TPSA) is 110 Å². The van der Waals surface area contributed by atoms with Crippen molar-refractivity contribution in [3.63, 3.8) is 0 Å². The molecular weight excluding hydrogens is 268 g/mol. The third-order valence-corrected chi connectivity index (χ3v) is 2.49. The molecule has 19 heavy (non-hydrogen) atoms. The number of hydrogen-bond acceptors (Lipinski definition) is 7. The van der Waals surface area contributed by atoms with Gasteiger partial charge in [0.05, 0.1) is 29.5 Å². The molecule has 0 unspecified atom stereocenters. The smallest absolute Gasteiger partial charge is 0.322 e. The molecule has 8 heteroatoms. The van der Waals surface area contributed by atoms with E-state index in [4.69, 9.17) is 27.3 Å². The number of nitriles is 1. The van der Waals surface area contributed by atoms with Crippen LogP contribution in [0.15, 0.2) is 18.2 Å². The first-order valence-corrected chi connectivity index (χ1v) is 5.52. The predicted molar refractivity (Wildman–Crippen MR) is 70.2 cm³/mol. The van der Waals surface area contributed by atoms with Crippen molar-refractivity contribution in [3.05, 3.63) is 28.8 Å². The van der Waals surface area contributed by atoms with Gasteiger partial charge in [0.15, 0.2) is 0 Å². The molecular formula is C11H9ClN6O. The van der Waals surface area contributed by atoms with Crippen LogP contribution in [0.1, 0.15) is 5.56 Å². The molecule has 3 N–H and O–H groups in total. The van der Waals surface area contributed by atoms with E-state index in [2.05, 4.69) is 20.3 Å². The maximum atomic E-state index is 8.84. The van der Waals surface area contributed by atoms with E-state index in [-0.39, 0.29) is 17.9 Å². The van der Waals surface area contributed by atoms with Crippen molar-refractivity contribution in [2.45, 2.75) is 0 Å². The zero-order chi connectivity index (χ0) is 13.8. The maximum Gasteiger partial charge on any atom is 0.322 e. The van der Waals surface area contributed by atoms with Crippen molar-refractivity contribution < 1.29 is 4.74 Å². The lowest BCUT2D eigenvalue weighted by molar-refractivity contribution is 0.380. The molecule has 0 aliphatic rings. The minimum Gasteiger partial charge on any atom is -0.467 e. The number of nitrogens with two attached hydrogens (primary N) is 1. The molecule has 0 aliphatic carbocycles. The number of benzene rings is 1. The molecule has 1 aromatic carbocycles. The second-order valence-electron chi connectivity index (χ2n) is 3.44. The highest BCUT2D eigenvalue weighted by atomic mass is 35.5. The average molecular weight is 277 g/mol. The lowest BCUT2D eigenvalue weighted by Crippen LogP contribution is -2.05. The molecule has 2 aromatic rings. The van der Waals surface area contributed by atoms with Crippen LogP contribution in [-0.4, -0.2) is 22.1 Å². The number of methoxy groups -OCH3 is 1. The Hall–Kier alpha value is -2.59. The zero-order valence-corrected chi connectivity index (χ0v) is 10.6. The van der Waals surface area contributed by atoms with Crippen LogP contribution in [0.25, 0.3) is 0 Å². The van der Waals surface area contributed by atoms with Gasteiger partial charge in [0.25, 0.3) is 0 Å². The Kier molecular flexibility index (Phi) is 3.63. The summed E-state index contributed by atoms with van der Waals surface area (Å²) in [4.78, 5) is 11.6. The number of ether oxygens (including phenoxy) is 1. The van der Waals surface area contributed by atoms with E-state index in [9.17, 15) is 0 Å². The van der Waals surface area contributed by atoms with E-state index < -0.39 is 0 Å². The van der Waals surface area contributed by atoms with Gasteiger partial charge >= 0.3 is 6.01 Å². The number of anilines is 3. The van der Waals surface area contributed by atoms with Crippen molar-refractivity contribution in [1.82, 2.24) is 15.0 Å². The third-order valence-electron chi connectivity index (χ3n) is 2.16. The molecule has 0 saturated carbocycles. The molecule has 0 saturated heterocycles. The first-order valence-electron chi connectivity index (χ1n) is 5.14. The minimum atomic E-state index is 0.0157. The van der Waals surface area contributed by atoms with Crippen LogP contribution >= 0.6 is 11.6 Å². The van der Waals surface area contributed by atoms with Crippen LogP contribution in [0.3, 0.4) is 0 Å². The Bertz CT molecular complexity index is 654. The van der Waals surface area contributed by atoms with E-state index in [1.807, 2.05) is 6.07 Å². The van der Waals surface area contributed by atoms with Gasteiger partial charge in [0, 0.05) is 0 Å². The summed E-state index contributed by atoms with van der Waals surface area (Å²) >= 11 is 6.01. The number of rotatable bonds is 3. The van der Waals surface area contributed by atoms with Crippen LogP contribution < -0.4 is 15.8 Å². The minimum absolute atomic E-state index is 0.0157. The van der Waals surface area contributed by atoms with Crippen molar-refractivity contribution in [2.24, 2.45) is 0 Å². The van der Waals surface area contributed by atoms with Gasteiger partial charge in [-0.05, 0) is 18.2 Å². The van der Waals surface area contributed by atoms with Crippen molar-refractivity contribution >= 4 is 29.2 Å². The summed E-state index contributed by atoms with van der Waals surface area (Å²) < 4.78 is 4.88. The van der Waals surface area contributed by atoms with E-state index >= 15 is 0 Å². The molecule has 1 aromatic heterocycles. The highest BCUT2D eigenvalue weighted by molar-refractivity contribution is 6.33. The molecule has 1 heterocycles. The van der Waals surface area contributed by atoms with Crippen LogP contribution in [-0.2, 0) is 0 Å². The van der Waals surface area contributed by atoms with Crippen LogP contribution in [0, 0.1) is 11.3 Å². The normalized spacial score (nSPS) is 9.74. The second kappa shape index (κ2) is 5.37. The molecule has 0 radical (unpaired) electrons. The van der Waals surface area contributed by atoms with Gasteiger partial charge in [-0.1, -0.05) is 11.6 Å². The molecule has 0 atom stereocenters. The highest BCUT2D eigenvalue weighted by Gasteiger charge is 2.07. The fourth-order valence-electron chi connectivity index (χ4n) is 1.33. The Morgan fingerprint density at radius 2 is 2.16 bits per heavy atom. The van der Waals surface area contributed by atoms with E-state index in [1.165, 1.54) is 7.11 Å². The standard InChI is InChI=1S/C11H9ClN6O/c1-19-11-17-9(14)16-10(18-11)15-8-4-6(5-13)2-3-7(8)12/h2-4H,1H3,(H3,14,15,16,17,18).